The molecular weight excluding hydrogens is 266 g/mol. The number of hydrogen-bond acceptors (Lipinski definition) is 2. The summed E-state index contributed by atoms with van der Waals surface area (Å²) in [6, 6.07) is 8.23. The number of carbonyl (C=O) groups is 1. The number of aromatic carboxylic acids is 1. The number of benzene rings is 2. The third kappa shape index (κ3) is 2.93. The molecule has 1 N–H and O–H groups in total. The van der Waals surface area contributed by atoms with E-state index in [1.54, 1.807) is 13.0 Å². The lowest BCUT2D eigenvalue weighted by atomic mass is 10.1. The number of carboxylic acid groups (broad SMARTS) is 1. The van der Waals surface area contributed by atoms with Gasteiger partial charge in [0.15, 0.2) is 11.6 Å². The van der Waals surface area contributed by atoms with Crippen molar-refractivity contribution in [1.82, 2.24) is 0 Å². The predicted molar refractivity (Wildman–Crippen MR) is 68.8 cm³/mol. The molecule has 0 atom stereocenters. The maximum Gasteiger partial charge on any atom is 0.335 e. The normalized spacial score (nSPS) is 10.3. The molecule has 0 spiro atoms. The van der Waals surface area contributed by atoms with E-state index in [0.29, 0.717) is 11.3 Å². The van der Waals surface area contributed by atoms with Gasteiger partial charge in [-0.2, -0.15) is 0 Å². The summed E-state index contributed by atoms with van der Waals surface area (Å²) in [5.41, 5.74) is 0.863. The van der Waals surface area contributed by atoms with E-state index in [2.05, 4.69) is 0 Å². The first kappa shape index (κ1) is 14.0. The smallest absolute Gasteiger partial charge is 0.335 e. The van der Waals surface area contributed by atoms with Crippen LogP contribution in [0, 0.1) is 18.6 Å². The zero-order valence-corrected chi connectivity index (χ0v) is 10.7. The summed E-state index contributed by atoms with van der Waals surface area (Å²) in [6.07, 6.45) is 0. The molecule has 2 aromatic carbocycles. The lowest BCUT2D eigenvalue weighted by molar-refractivity contribution is 0.0696. The van der Waals surface area contributed by atoms with Crippen molar-refractivity contribution in [1.29, 1.82) is 0 Å². The van der Waals surface area contributed by atoms with E-state index >= 15 is 0 Å². The lowest BCUT2D eigenvalue weighted by Gasteiger charge is -2.10. The second-order valence-corrected chi connectivity index (χ2v) is 4.29. The molecule has 104 valence electrons. The summed E-state index contributed by atoms with van der Waals surface area (Å²) in [7, 11) is 0. The molecule has 3 nitrogen and oxygen atoms in total. The van der Waals surface area contributed by atoms with E-state index in [4.69, 9.17) is 9.84 Å². The van der Waals surface area contributed by atoms with Crippen LogP contribution in [-0.2, 0) is 6.61 Å². The van der Waals surface area contributed by atoms with Crippen LogP contribution in [-0.4, -0.2) is 11.1 Å². The van der Waals surface area contributed by atoms with Gasteiger partial charge in [0.05, 0.1) is 5.56 Å². The van der Waals surface area contributed by atoms with Gasteiger partial charge in [0.2, 0.25) is 0 Å². The quantitative estimate of drug-likeness (QED) is 0.930. The van der Waals surface area contributed by atoms with E-state index < -0.39 is 17.6 Å². The Morgan fingerprint density at radius 3 is 2.70 bits per heavy atom. The van der Waals surface area contributed by atoms with Gasteiger partial charge < -0.3 is 9.84 Å². The second-order valence-electron chi connectivity index (χ2n) is 4.29. The summed E-state index contributed by atoms with van der Waals surface area (Å²) < 4.78 is 31.9. The summed E-state index contributed by atoms with van der Waals surface area (Å²) in [6.45, 7) is 1.57. The molecule has 0 unspecified atom stereocenters. The molecule has 0 fully saturated rings. The van der Waals surface area contributed by atoms with Crippen molar-refractivity contribution in [2.24, 2.45) is 0 Å². The minimum atomic E-state index is -1.08. The summed E-state index contributed by atoms with van der Waals surface area (Å²) >= 11 is 0. The van der Waals surface area contributed by atoms with Crippen LogP contribution in [0.25, 0.3) is 0 Å². The summed E-state index contributed by atoms with van der Waals surface area (Å²) in [5.74, 6) is -2.65. The van der Waals surface area contributed by atoms with Crippen LogP contribution in [0.3, 0.4) is 0 Å². The standard InChI is InChI=1S/C15H12F2O3/c1-9-5-6-10(15(18)19)7-13(9)20-8-11-3-2-4-12(16)14(11)17/h2-7H,8H2,1H3,(H,18,19). The number of halogens is 2. The Morgan fingerprint density at radius 1 is 1.25 bits per heavy atom. The fraction of sp³-hybridized carbons (Fsp3) is 0.133. The van der Waals surface area contributed by atoms with Gasteiger partial charge in [0, 0.05) is 5.56 Å². The molecule has 0 aromatic heterocycles. The zero-order valence-electron chi connectivity index (χ0n) is 10.7. The first-order valence-electron chi connectivity index (χ1n) is 5.88. The molecule has 0 aliphatic heterocycles. The summed E-state index contributed by atoms with van der Waals surface area (Å²) in [5, 5.41) is 8.90. The highest BCUT2D eigenvalue weighted by Gasteiger charge is 2.10. The first-order valence-corrected chi connectivity index (χ1v) is 5.88. The van der Waals surface area contributed by atoms with Crippen LogP contribution in [0.15, 0.2) is 36.4 Å². The number of rotatable bonds is 4. The molecule has 0 saturated carbocycles. The monoisotopic (exact) mass is 278 g/mol. The average molecular weight is 278 g/mol. The Kier molecular flexibility index (Phi) is 3.98. The molecule has 5 heteroatoms. The fourth-order valence-corrected chi connectivity index (χ4v) is 1.70. The van der Waals surface area contributed by atoms with Gasteiger partial charge in [0.25, 0.3) is 0 Å². The van der Waals surface area contributed by atoms with Crippen LogP contribution in [0.4, 0.5) is 8.78 Å². The van der Waals surface area contributed by atoms with Gasteiger partial charge in [0.1, 0.15) is 12.4 Å². The van der Waals surface area contributed by atoms with E-state index in [-0.39, 0.29) is 17.7 Å². The minimum Gasteiger partial charge on any atom is -0.488 e. The topological polar surface area (TPSA) is 46.5 Å². The van der Waals surface area contributed by atoms with Crippen LogP contribution < -0.4 is 4.74 Å². The maximum atomic E-state index is 13.5. The van der Waals surface area contributed by atoms with E-state index in [9.17, 15) is 13.6 Å². The van der Waals surface area contributed by atoms with Gasteiger partial charge in [-0.1, -0.05) is 18.2 Å². The van der Waals surface area contributed by atoms with Crippen molar-refractivity contribution in [3.05, 3.63) is 64.7 Å². The van der Waals surface area contributed by atoms with Crippen LogP contribution in [0.2, 0.25) is 0 Å². The number of aryl methyl sites for hydroxylation is 1. The Bertz CT molecular complexity index is 654. The molecular formula is C15H12F2O3. The third-order valence-corrected chi connectivity index (χ3v) is 2.85. The zero-order chi connectivity index (χ0) is 14.7. The van der Waals surface area contributed by atoms with Gasteiger partial charge in [-0.25, -0.2) is 13.6 Å². The molecule has 20 heavy (non-hydrogen) atoms. The minimum absolute atomic E-state index is 0.0742. The maximum absolute atomic E-state index is 13.5. The molecule has 0 amide bonds. The van der Waals surface area contributed by atoms with Crippen molar-refractivity contribution in [3.8, 4) is 5.75 Å². The fourth-order valence-electron chi connectivity index (χ4n) is 1.70. The Morgan fingerprint density at radius 2 is 2.00 bits per heavy atom. The molecule has 2 aromatic rings. The van der Waals surface area contributed by atoms with Crippen molar-refractivity contribution in [2.75, 3.05) is 0 Å². The van der Waals surface area contributed by atoms with Crippen molar-refractivity contribution >= 4 is 5.97 Å². The van der Waals surface area contributed by atoms with Gasteiger partial charge in [-0.05, 0) is 30.7 Å². The highest BCUT2D eigenvalue weighted by molar-refractivity contribution is 5.88. The SMILES string of the molecule is Cc1ccc(C(=O)O)cc1OCc1cccc(F)c1F. The van der Waals surface area contributed by atoms with Gasteiger partial charge in [-0.3, -0.25) is 0 Å². The van der Waals surface area contributed by atoms with E-state index in [1.807, 2.05) is 0 Å². The number of carboxylic acids is 1. The molecule has 0 aliphatic rings. The van der Waals surface area contributed by atoms with E-state index in [1.165, 1.54) is 24.3 Å². The van der Waals surface area contributed by atoms with Crippen molar-refractivity contribution in [2.45, 2.75) is 13.5 Å². The molecule has 0 bridgehead atoms. The van der Waals surface area contributed by atoms with Crippen molar-refractivity contribution in [3.63, 3.8) is 0 Å². The molecule has 0 saturated heterocycles. The van der Waals surface area contributed by atoms with Crippen LogP contribution >= 0.6 is 0 Å². The Hall–Kier alpha value is -2.43. The number of hydrogen-bond donors (Lipinski definition) is 1. The van der Waals surface area contributed by atoms with Crippen molar-refractivity contribution < 1.29 is 23.4 Å². The highest BCUT2D eigenvalue weighted by Crippen LogP contribution is 2.22. The van der Waals surface area contributed by atoms with E-state index in [0.717, 1.165) is 6.07 Å². The average Bonchev–Trinajstić information content (AvgIpc) is 2.41. The Balaban J connectivity index is 2.20. The third-order valence-electron chi connectivity index (χ3n) is 2.85. The van der Waals surface area contributed by atoms with Crippen LogP contribution in [0.5, 0.6) is 5.75 Å². The molecule has 2 rings (SSSR count). The summed E-state index contributed by atoms with van der Waals surface area (Å²) in [4.78, 5) is 10.9. The second kappa shape index (κ2) is 5.69. The molecule has 0 heterocycles. The largest absolute Gasteiger partial charge is 0.488 e. The highest BCUT2D eigenvalue weighted by atomic mass is 19.2. The number of ether oxygens (including phenoxy) is 1. The van der Waals surface area contributed by atoms with Crippen LogP contribution in [0.1, 0.15) is 21.5 Å². The molecule has 0 aliphatic carbocycles. The van der Waals surface area contributed by atoms with Gasteiger partial charge in [-0.15, -0.1) is 0 Å². The Labute approximate surface area is 114 Å². The van der Waals surface area contributed by atoms with Gasteiger partial charge >= 0.3 is 5.97 Å². The predicted octanol–water partition coefficient (Wildman–Crippen LogP) is 3.55. The lowest BCUT2D eigenvalue weighted by Crippen LogP contribution is -2.03. The first-order chi connectivity index (χ1) is 9.49. The molecule has 0 radical (unpaired) electrons.